The largest absolute Gasteiger partial charge is 0.737 e. The molecule has 7 heteroatoms. The molecule has 0 fully saturated rings. The highest BCUT2D eigenvalue weighted by atomic mass is 79.9. The summed E-state index contributed by atoms with van der Waals surface area (Å²) >= 11 is 9.48. The minimum atomic E-state index is -3.86. The Labute approximate surface area is 139 Å². The molecule has 0 unspecified atom stereocenters. The third kappa shape index (κ3) is 1.80. The van der Waals surface area contributed by atoms with Crippen LogP contribution in [0.3, 0.4) is 0 Å². The van der Waals surface area contributed by atoms with Crippen LogP contribution in [0.15, 0.2) is 58.9 Å². The zero-order valence-corrected chi connectivity index (χ0v) is 13.5. The highest BCUT2D eigenvalue weighted by Crippen LogP contribution is 2.40. The number of halogens is 4. The lowest BCUT2D eigenvalue weighted by molar-refractivity contribution is -0.356. The molecule has 0 saturated heterocycles. The zero-order chi connectivity index (χ0) is 15.5. The molecular weight excluding hydrogens is 372 g/mol. The van der Waals surface area contributed by atoms with Gasteiger partial charge >= 0.3 is 6.97 Å². The van der Waals surface area contributed by atoms with Gasteiger partial charge in [-0.2, -0.15) is 0 Å². The Morgan fingerprint density at radius 3 is 2.82 bits per heavy atom. The van der Waals surface area contributed by atoms with Gasteiger partial charge < -0.3 is 17.6 Å². The molecule has 0 saturated carbocycles. The summed E-state index contributed by atoms with van der Waals surface area (Å²) in [6.45, 7) is -3.86. The molecule has 22 heavy (non-hydrogen) atoms. The summed E-state index contributed by atoms with van der Waals surface area (Å²) in [5.74, 6) is 0. The molecule has 0 aliphatic carbocycles. The van der Waals surface area contributed by atoms with E-state index in [1.54, 1.807) is 36.4 Å². The van der Waals surface area contributed by atoms with Gasteiger partial charge in [0.25, 0.3) is 0 Å². The number of hydrogen-bond donors (Lipinski definition) is 0. The number of hydrogen-bond acceptors (Lipinski definition) is 0. The third-order valence-corrected chi connectivity index (χ3v) is 4.83. The van der Waals surface area contributed by atoms with Crippen molar-refractivity contribution < 1.29 is 13.1 Å². The number of allylic oxidation sites excluding steroid dienone is 2. The van der Waals surface area contributed by atoms with Crippen molar-refractivity contribution in [2.75, 3.05) is 0 Å². The predicted octanol–water partition coefficient (Wildman–Crippen LogP) is 4.55. The zero-order valence-electron chi connectivity index (χ0n) is 11.2. The Kier molecular flexibility index (Phi) is 2.96. The number of fused-ring (bicyclic) bond motifs is 2. The summed E-state index contributed by atoms with van der Waals surface area (Å²) in [7, 11) is 0. The van der Waals surface area contributed by atoms with Crippen molar-refractivity contribution in [1.82, 2.24) is 4.48 Å². The van der Waals surface area contributed by atoms with Crippen molar-refractivity contribution in [2.45, 2.75) is 0 Å². The van der Waals surface area contributed by atoms with E-state index in [-0.39, 0.29) is 0 Å². The minimum absolute atomic E-state index is 0.499. The number of nitrogens with zero attached hydrogens (tertiary/aromatic N) is 2. The van der Waals surface area contributed by atoms with Crippen LogP contribution in [0.25, 0.3) is 5.57 Å². The van der Waals surface area contributed by atoms with Crippen molar-refractivity contribution in [3.63, 3.8) is 0 Å². The number of aromatic nitrogens is 1. The average molecular weight is 381 g/mol. The van der Waals surface area contributed by atoms with Crippen molar-refractivity contribution in [3.8, 4) is 0 Å². The van der Waals surface area contributed by atoms with Crippen LogP contribution in [-0.2, 0) is 0 Å². The van der Waals surface area contributed by atoms with Crippen LogP contribution in [0.2, 0.25) is 5.02 Å². The van der Waals surface area contributed by atoms with Gasteiger partial charge in [-0.25, -0.2) is 0 Å². The number of benzene rings is 1. The normalized spacial score (nSPS) is 18.3. The Morgan fingerprint density at radius 2 is 2.05 bits per heavy atom. The fourth-order valence-corrected chi connectivity index (χ4v) is 3.87. The second kappa shape index (κ2) is 4.67. The van der Waals surface area contributed by atoms with Crippen molar-refractivity contribution in [3.05, 3.63) is 75.1 Å². The molecule has 0 amide bonds. The van der Waals surface area contributed by atoms with Gasteiger partial charge in [0.15, 0.2) is 5.70 Å². The van der Waals surface area contributed by atoms with E-state index in [0.717, 1.165) is 24.6 Å². The first-order valence-corrected chi connectivity index (χ1v) is 7.86. The SMILES string of the molecule is F[B-]1(F)n2cccc2C(c2ccc(Cl)cc2Br)=C2C=CC=[N+]21. The average Bonchev–Trinajstić information content (AvgIpc) is 3.11. The fraction of sp³-hybridized carbons (Fsp3) is 0. The summed E-state index contributed by atoms with van der Waals surface area (Å²) < 4.78 is 32.2. The molecule has 2 aliphatic heterocycles. The molecule has 0 N–H and O–H groups in total. The molecule has 0 atom stereocenters. The van der Waals surface area contributed by atoms with E-state index in [4.69, 9.17) is 11.6 Å². The Bertz CT molecular complexity index is 899. The van der Waals surface area contributed by atoms with Gasteiger partial charge in [0, 0.05) is 32.9 Å². The van der Waals surface area contributed by atoms with Crippen LogP contribution in [-0.4, -0.2) is 22.1 Å². The molecule has 2 aromatic rings. The van der Waals surface area contributed by atoms with E-state index in [1.165, 1.54) is 12.4 Å². The summed E-state index contributed by atoms with van der Waals surface area (Å²) in [5.41, 5.74) is 2.58. The second-order valence-electron chi connectivity index (χ2n) is 5.19. The van der Waals surface area contributed by atoms with E-state index >= 15 is 0 Å². The van der Waals surface area contributed by atoms with Crippen molar-refractivity contribution in [2.24, 2.45) is 0 Å². The van der Waals surface area contributed by atoms with Crippen LogP contribution in [0, 0.1) is 0 Å². The van der Waals surface area contributed by atoms with Crippen LogP contribution < -0.4 is 0 Å². The lowest BCUT2D eigenvalue weighted by atomic mass is 9.86. The maximum atomic E-state index is 14.7. The van der Waals surface area contributed by atoms with Crippen LogP contribution in [0.5, 0.6) is 0 Å². The van der Waals surface area contributed by atoms with Gasteiger partial charge in [-0.1, -0.05) is 33.6 Å². The molecule has 110 valence electrons. The molecule has 2 nitrogen and oxygen atoms in total. The molecule has 0 bridgehead atoms. The van der Waals surface area contributed by atoms with Crippen LogP contribution in [0.1, 0.15) is 11.3 Å². The van der Waals surface area contributed by atoms with Gasteiger partial charge in [-0.3, -0.25) is 0 Å². The van der Waals surface area contributed by atoms with Gasteiger partial charge in [0.2, 0.25) is 0 Å². The van der Waals surface area contributed by atoms with Gasteiger partial charge in [-0.05, 0) is 30.5 Å². The minimum Gasteiger partial charge on any atom is -0.396 e. The maximum absolute atomic E-state index is 14.7. The molecule has 1 aromatic heterocycles. The van der Waals surface area contributed by atoms with Gasteiger partial charge in [0.05, 0.1) is 5.57 Å². The quantitative estimate of drug-likeness (QED) is 0.641. The smallest absolute Gasteiger partial charge is 0.396 e. The Balaban J connectivity index is 2.07. The van der Waals surface area contributed by atoms with Crippen LogP contribution >= 0.6 is 27.5 Å². The predicted molar refractivity (Wildman–Crippen MR) is 88.4 cm³/mol. The summed E-state index contributed by atoms with van der Waals surface area (Å²) in [6, 6.07) is 8.71. The van der Waals surface area contributed by atoms with Crippen LogP contribution in [0.4, 0.5) is 8.63 Å². The summed E-state index contributed by atoms with van der Waals surface area (Å²) in [4.78, 5) is 0. The first-order valence-electron chi connectivity index (χ1n) is 6.69. The second-order valence-corrected chi connectivity index (χ2v) is 6.48. The Morgan fingerprint density at radius 1 is 1.23 bits per heavy atom. The fourth-order valence-electron chi connectivity index (χ4n) is 2.99. The van der Waals surface area contributed by atoms with E-state index in [0.29, 0.717) is 16.4 Å². The summed E-state index contributed by atoms with van der Waals surface area (Å²) in [5, 5.41) is 0.590. The van der Waals surface area contributed by atoms with E-state index < -0.39 is 6.97 Å². The molecule has 2 aliphatic rings. The standard InChI is InChI=1S/C15H9BBrClF2N2/c17-12-9-10(18)5-6-11(12)15-13-3-1-7-21(13)16(19,20)22-8-2-4-14(15)22/h1-9H. The monoisotopic (exact) mass is 380 g/mol. The topological polar surface area (TPSA) is 7.94 Å². The first-order chi connectivity index (χ1) is 10.5. The summed E-state index contributed by atoms with van der Waals surface area (Å²) in [6.07, 6.45) is 6.19. The lowest BCUT2D eigenvalue weighted by Gasteiger charge is -2.31. The third-order valence-electron chi connectivity index (χ3n) is 3.94. The molecule has 3 heterocycles. The highest BCUT2D eigenvalue weighted by molar-refractivity contribution is 9.10. The molecule has 1 aromatic carbocycles. The highest BCUT2D eigenvalue weighted by Gasteiger charge is 2.51. The molecule has 0 radical (unpaired) electrons. The van der Waals surface area contributed by atoms with Crippen molar-refractivity contribution in [1.29, 1.82) is 0 Å². The van der Waals surface area contributed by atoms with E-state index in [2.05, 4.69) is 15.9 Å². The maximum Gasteiger partial charge on any atom is 0.737 e. The number of rotatable bonds is 1. The van der Waals surface area contributed by atoms with Gasteiger partial charge in [0.1, 0.15) is 6.21 Å². The molecule has 4 rings (SSSR count). The lowest BCUT2D eigenvalue weighted by Crippen LogP contribution is -2.49. The molecule has 0 spiro atoms. The van der Waals surface area contributed by atoms with Crippen molar-refractivity contribution >= 4 is 46.3 Å². The Hall–Kier alpha value is -1.66. The van der Waals surface area contributed by atoms with E-state index in [9.17, 15) is 8.63 Å². The van der Waals surface area contributed by atoms with Gasteiger partial charge in [-0.15, -0.1) is 0 Å². The molecular formula is C15H9BBrClF2N2. The first kappa shape index (κ1) is 14.0. The van der Waals surface area contributed by atoms with E-state index in [1.807, 2.05) is 6.07 Å².